The standard InChI is InChI=1S/C18H16F3N7S/c19-18(20,21)12-3-1-10(2-4-12)5-13(22)8-24-17-28-27-16(29-17)14-6-11-7-25-26-15(11)9-23-14/h1-4,6-7,9,13H,5,8,22H2,(H,24,28)(H,25,26). The van der Waals surface area contributed by atoms with Crippen molar-refractivity contribution in [3.63, 3.8) is 0 Å². The highest BCUT2D eigenvalue weighted by atomic mass is 32.1. The largest absolute Gasteiger partial charge is 0.416 e. The van der Waals surface area contributed by atoms with E-state index in [1.54, 1.807) is 12.4 Å². The number of rotatable bonds is 6. The molecule has 0 aliphatic heterocycles. The highest BCUT2D eigenvalue weighted by Crippen LogP contribution is 2.29. The van der Waals surface area contributed by atoms with Crippen LogP contribution in [0.2, 0.25) is 0 Å². The summed E-state index contributed by atoms with van der Waals surface area (Å²) in [4.78, 5) is 4.34. The van der Waals surface area contributed by atoms with Crippen LogP contribution in [0.15, 0.2) is 42.7 Å². The molecule has 150 valence electrons. The number of nitrogens with one attached hydrogen (secondary N) is 2. The summed E-state index contributed by atoms with van der Waals surface area (Å²) in [6, 6.07) is 6.61. The zero-order valence-electron chi connectivity index (χ0n) is 14.9. The van der Waals surface area contributed by atoms with Crippen molar-refractivity contribution < 1.29 is 13.2 Å². The van der Waals surface area contributed by atoms with E-state index in [0.717, 1.165) is 28.6 Å². The minimum atomic E-state index is -4.34. The van der Waals surface area contributed by atoms with Gasteiger partial charge in [-0.3, -0.25) is 10.1 Å². The van der Waals surface area contributed by atoms with Crippen LogP contribution in [0.5, 0.6) is 0 Å². The van der Waals surface area contributed by atoms with Crippen molar-refractivity contribution in [3.8, 4) is 10.7 Å². The Balaban J connectivity index is 1.34. The van der Waals surface area contributed by atoms with Gasteiger partial charge in [0.05, 0.1) is 23.5 Å². The third kappa shape index (κ3) is 4.51. The lowest BCUT2D eigenvalue weighted by atomic mass is 10.0. The summed E-state index contributed by atoms with van der Waals surface area (Å²) in [5, 5.41) is 20.3. The zero-order valence-corrected chi connectivity index (χ0v) is 15.8. The molecule has 3 aromatic heterocycles. The first-order chi connectivity index (χ1) is 13.9. The average Bonchev–Trinajstić information content (AvgIpc) is 3.35. The van der Waals surface area contributed by atoms with Crippen LogP contribution < -0.4 is 11.1 Å². The third-order valence-electron chi connectivity index (χ3n) is 4.26. The molecule has 1 unspecified atom stereocenters. The molecule has 4 aromatic rings. The third-order valence-corrected chi connectivity index (χ3v) is 5.17. The molecule has 1 aromatic carbocycles. The van der Waals surface area contributed by atoms with Crippen LogP contribution in [0.3, 0.4) is 0 Å². The van der Waals surface area contributed by atoms with Gasteiger partial charge < -0.3 is 11.1 Å². The zero-order chi connectivity index (χ0) is 20.4. The van der Waals surface area contributed by atoms with Gasteiger partial charge in [0.15, 0.2) is 5.01 Å². The van der Waals surface area contributed by atoms with Crippen molar-refractivity contribution in [3.05, 3.63) is 53.9 Å². The number of fused-ring (bicyclic) bond motifs is 1. The number of anilines is 1. The second kappa shape index (κ2) is 7.76. The Labute approximate surface area is 167 Å². The Morgan fingerprint density at radius 2 is 1.93 bits per heavy atom. The van der Waals surface area contributed by atoms with Crippen molar-refractivity contribution in [2.45, 2.75) is 18.6 Å². The number of pyridine rings is 1. The van der Waals surface area contributed by atoms with E-state index < -0.39 is 11.7 Å². The van der Waals surface area contributed by atoms with Gasteiger partial charge in [0.25, 0.3) is 0 Å². The first-order valence-electron chi connectivity index (χ1n) is 8.67. The normalized spacial score (nSPS) is 13.0. The molecule has 0 saturated carbocycles. The molecule has 0 saturated heterocycles. The molecular formula is C18H16F3N7S. The second-order valence-electron chi connectivity index (χ2n) is 6.48. The minimum absolute atomic E-state index is 0.292. The lowest BCUT2D eigenvalue weighted by Crippen LogP contribution is -2.31. The predicted octanol–water partition coefficient (Wildman–Crippen LogP) is 3.48. The molecule has 0 aliphatic carbocycles. The topological polar surface area (TPSA) is 105 Å². The molecule has 4 rings (SSSR count). The fourth-order valence-electron chi connectivity index (χ4n) is 2.78. The molecule has 0 spiro atoms. The van der Waals surface area contributed by atoms with Crippen LogP contribution >= 0.6 is 11.3 Å². The van der Waals surface area contributed by atoms with E-state index in [9.17, 15) is 13.2 Å². The van der Waals surface area contributed by atoms with E-state index in [1.165, 1.54) is 23.5 Å². The summed E-state index contributed by atoms with van der Waals surface area (Å²) >= 11 is 1.34. The van der Waals surface area contributed by atoms with Crippen LogP contribution in [0, 0.1) is 0 Å². The van der Waals surface area contributed by atoms with Crippen molar-refractivity contribution in [1.29, 1.82) is 0 Å². The maximum atomic E-state index is 12.6. The number of benzene rings is 1. The second-order valence-corrected chi connectivity index (χ2v) is 7.46. The molecule has 0 bridgehead atoms. The minimum Gasteiger partial charge on any atom is -0.359 e. The van der Waals surface area contributed by atoms with Crippen LogP contribution in [0.1, 0.15) is 11.1 Å². The Kier molecular flexibility index (Phi) is 5.16. The first kappa shape index (κ1) is 19.3. The number of aromatic amines is 1. The Morgan fingerprint density at radius 3 is 2.69 bits per heavy atom. The number of hydrogen-bond donors (Lipinski definition) is 3. The lowest BCUT2D eigenvalue weighted by molar-refractivity contribution is -0.137. The summed E-state index contributed by atoms with van der Waals surface area (Å²) < 4.78 is 37.9. The lowest BCUT2D eigenvalue weighted by Gasteiger charge is -2.13. The van der Waals surface area contributed by atoms with Gasteiger partial charge in [-0.25, -0.2) is 0 Å². The molecule has 7 nitrogen and oxygen atoms in total. The number of hydrogen-bond acceptors (Lipinski definition) is 7. The SMILES string of the molecule is NC(CNc1nnc(-c2cc3cn[nH]c3cn2)s1)Cc1ccc(C(F)(F)F)cc1. The molecule has 3 heterocycles. The van der Waals surface area contributed by atoms with Crippen LogP contribution in [0.25, 0.3) is 21.6 Å². The van der Waals surface area contributed by atoms with E-state index >= 15 is 0 Å². The number of H-pyrrole nitrogens is 1. The summed E-state index contributed by atoms with van der Waals surface area (Å²) in [6.07, 6.45) is -0.503. The van der Waals surface area contributed by atoms with Crippen molar-refractivity contribution in [2.24, 2.45) is 5.73 Å². The molecule has 0 radical (unpaired) electrons. The predicted molar refractivity (Wildman–Crippen MR) is 104 cm³/mol. The van der Waals surface area contributed by atoms with Gasteiger partial charge in [0, 0.05) is 18.0 Å². The summed E-state index contributed by atoms with van der Waals surface area (Å²) in [5.41, 5.74) is 7.70. The molecule has 11 heteroatoms. The van der Waals surface area contributed by atoms with Gasteiger partial charge >= 0.3 is 6.18 Å². The van der Waals surface area contributed by atoms with Gasteiger partial charge in [0.2, 0.25) is 5.13 Å². The molecule has 0 aliphatic rings. The maximum Gasteiger partial charge on any atom is 0.416 e. The number of alkyl halides is 3. The summed E-state index contributed by atoms with van der Waals surface area (Å²) in [5.74, 6) is 0. The molecular weight excluding hydrogens is 403 g/mol. The highest BCUT2D eigenvalue weighted by Gasteiger charge is 2.29. The van der Waals surface area contributed by atoms with Gasteiger partial charge in [-0.05, 0) is 30.2 Å². The van der Waals surface area contributed by atoms with Crippen molar-refractivity contribution >= 4 is 27.4 Å². The fourth-order valence-corrected chi connectivity index (χ4v) is 3.50. The van der Waals surface area contributed by atoms with E-state index in [4.69, 9.17) is 5.73 Å². The molecule has 4 N–H and O–H groups in total. The molecule has 0 fully saturated rings. The highest BCUT2D eigenvalue weighted by molar-refractivity contribution is 7.18. The molecule has 0 amide bonds. The van der Waals surface area contributed by atoms with E-state index in [0.29, 0.717) is 28.8 Å². The summed E-state index contributed by atoms with van der Waals surface area (Å²) in [7, 11) is 0. The van der Waals surface area contributed by atoms with Crippen molar-refractivity contribution in [1.82, 2.24) is 25.4 Å². The monoisotopic (exact) mass is 419 g/mol. The van der Waals surface area contributed by atoms with E-state index in [2.05, 4.69) is 30.7 Å². The van der Waals surface area contributed by atoms with Gasteiger partial charge in [-0.15, -0.1) is 10.2 Å². The smallest absolute Gasteiger partial charge is 0.359 e. The Bertz CT molecular complexity index is 1100. The number of nitrogens with two attached hydrogens (primary N) is 1. The Hall–Kier alpha value is -3.05. The van der Waals surface area contributed by atoms with Gasteiger partial charge in [-0.2, -0.15) is 18.3 Å². The first-order valence-corrected chi connectivity index (χ1v) is 9.49. The van der Waals surface area contributed by atoms with Gasteiger partial charge in [-0.1, -0.05) is 23.5 Å². The number of nitrogens with zero attached hydrogens (tertiary/aromatic N) is 4. The Morgan fingerprint density at radius 1 is 1.14 bits per heavy atom. The van der Waals surface area contributed by atoms with Gasteiger partial charge in [0.1, 0.15) is 5.69 Å². The number of aromatic nitrogens is 5. The quantitative estimate of drug-likeness (QED) is 0.442. The molecule has 1 atom stereocenters. The summed E-state index contributed by atoms with van der Waals surface area (Å²) in [6.45, 7) is 0.407. The van der Waals surface area contributed by atoms with Crippen LogP contribution in [-0.4, -0.2) is 38.0 Å². The van der Waals surface area contributed by atoms with Crippen molar-refractivity contribution in [2.75, 3.05) is 11.9 Å². The van der Waals surface area contributed by atoms with Crippen LogP contribution in [-0.2, 0) is 12.6 Å². The molecule has 29 heavy (non-hydrogen) atoms. The maximum absolute atomic E-state index is 12.6. The van der Waals surface area contributed by atoms with E-state index in [1.807, 2.05) is 6.07 Å². The van der Waals surface area contributed by atoms with Crippen LogP contribution in [0.4, 0.5) is 18.3 Å². The number of halogens is 3. The average molecular weight is 419 g/mol. The fraction of sp³-hybridized carbons (Fsp3) is 0.222. The van der Waals surface area contributed by atoms with E-state index in [-0.39, 0.29) is 6.04 Å².